The lowest BCUT2D eigenvalue weighted by atomic mass is 9.83. The molecule has 4 atom stereocenters. The van der Waals surface area contributed by atoms with Crippen molar-refractivity contribution in [2.75, 3.05) is 0 Å². The van der Waals surface area contributed by atoms with Crippen molar-refractivity contribution in [3.63, 3.8) is 0 Å². The highest BCUT2D eigenvalue weighted by atomic mass is 16.3. The maximum atomic E-state index is 10.8. The Labute approximate surface area is 175 Å². The SMILES string of the molecule is C[C@H](O)[C@H](O)c1ccc2ccccc2c1-c1c([C@H](O)[C@@H](C)O)ccc2ccccc12. The predicted octanol–water partition coefficient (Wildman–Crippen LogP) is 4.49. The van der Waals surface area contributed by atoms with Gasteiger partial charge in [-0.05, 0) is 57.6 Å². The van der Waals surface area contributed by atoms with Crippen LogP contribution in [0.2, 0.25) is 0 Å². The number of aliphatic hydroxyl groups is 4. The van der Waals surface area contributed by atoms with Gasteiger partial charge in [-0.25, -0.2) is 0 Å². The lowest BCUT2D eigenvalue weighted by molar-refractivity contribution is 0.0299. The average Bonchev–Trinajstić information content (AvgIpc) is 2.76. The Morgan fingerprint density at radius 3 is 1.23 bits per heavy atom. The molecular weight excluding hydrogens is 376 g/mol. The van der Waals surface area contributed by atoms with Crippen LogP contribution in [-0.4, -0.2) is 32.6 Å². The fourth-order valence-electron chi connectivity index (χ4n) is 4.15. The highest BCUT2D eigenvalue weighted by Gasteiger charge is 2.26. The molecule has 0 unspecified atom stereocenters. The van der Waals surface area contributed by atoms with Gasteiger partial charge in [-0.1, -0.05) is 72.8 Å². The number of fused-ring (bicyclic) bond motifs is 2. The topological polar surface area (TPSA) is 80.9 Å². The van der Waals surface area contributed by atoms with E-state index < -0.39 is 24.4 Å². The first-order chi connectivity index (χ1) is 14.4. The zero-order valence-corrected chi connectivity index (χ0v) is 17.0. The third kappa shape index (κ3) is 3.48. The first-order valence-corrected chi connectivity index (χ1v) is 10.2. The first-order valence-electron chi connectivity index (χ1n) is 10.2. The molecule has 0 aliphatic heterocycles. The molecule has 0 spiro atoms. The molecule has 4 N–H and O–H groups in total. The van der Waals surface area contributed by atoms with Crippen LogP contribution < -0.4 is 0 Å². The van der Waals surface area contributed by atoms with Gasteiger partial charge in [-0.15, -0.1) is 0 Å². The Kier molecular flexibility index (Phi) is 5.58. The van der Waals surface area contributed by atoms with Gasteiger partial charge in [0.1, 0.15) is 12.2 Å². The van der Waals surface area contributed by atoms with Crippen LogP contribution in [0.4, 0.5) is 0 Å². The van der Waals surface area contributed by atoms with E-state index in [4.69, 9.17) is 0 Å². The summed E-state index contributed by atoms with van der Waals surface area (Å²) < 4.78 is 0. The van der Waals surface area contributed by atoms with Gasteiger partial charge in [0.15, 0.2) is 0 Å². The smallest absolute Gasteiger partial charge is 0.105 e. The van der Waals surface area contributed by atoms with Gasteiger partial charge in [-0.2, -0.15) is 0 Å². The van der Waals surface area contributed by atoms with Gasteiger partial charge >= 0.3 is 0 Å². The van der Waals surface area contributed by atoms with Crippen LogP contribution in [0.15, 0.2) is 72.8 Å². The molecule has 154 valence electrons. The largest absolute Gasteiger partial charge is 0.390 e. The Morgan fingerprint density at radius 1 is 0.500 bits per heavy atom. The highest BCUT2D eigenvalue weighted by Crippen LogP contribution is 2.43. The molecule has 0 amide bonds. The first kappa shape index (κ1) is 20.5. The van der Waals surface area contributed by atoms with E-state index in [1.807, 2.05) is 72.8 Å². The number of hydrogen-bond acceptors (Lipinski definition) is 4. The molecule has 4 rings (SSSR count). The second-order valence-electron chi connectivity index (χ2n) is 7.87. The van der Waals surface area contributed by atoms with Crippen molar-refractivity contribution in [3.05, 3.63) is 83.9 Å². The molecule has 0 saturated carbocycles. The lowest BCUT2D eigenvalue weighted by Gasteiger charge is -2.25. The maximum Gasteiger partial charge on any atom is 0.105 e. The van der Waals surface area contributed by atoms with E-state index >= 15 is 0 Å². The van der Waals surface area contributed by atoms with Gasteiger partial charge in [-0.3, -0.25) is 0 Å². The lowest BCUT2D eigenvalue weighted by Crippen LogP contribution is -2.17. The molecule has 0 fully saturated rings. The molecule has 4 aromatic carbocycles. The van der Waals surface area contributed by atoms with Crippen molar-refractivity contribution in [1.29, 1.82) is 0 Å². The number of aliphatic hydroxyl groups excluding tert-OH is 4. The quantitative estimate of drug-likeness (QED) is 0.397. The van der Waals surface area contributed by atoms with Crippen LogP contribution in [0.3, 0.4) is 0 Å². The summed E-state index contributed by atoms with van der Waals surface area (Å²) in [6.07, 6.45) is -4.13. The summed E-state index contributed by atoms with van der Waals surface area (Å²) in [7, 11) is 0. The van der Waals surface area contributed by atoms with Crippen molar-refractivity contribution in [2.24, 2.45) is 0 Å². The van der Waals surface area contributed by atoms with Gasteiger partial charge in [0, 0.05) is 0 Å². The molecule has 0 heterocycles. The predicted molar refractivity (Wildman–Crippen MR) is 120 cm³/mol. The Hall–Kier alpha value is -2.76. The van der Waals surface area contributed by atoms with E-state index in [-0.39, 0.29) is 0 Å². The van der Waals surface area contributed by atoms with Gasteiger partial charge in [0.2, 0.25) is 0 Å². The zero-order valence-electron chi connectivity index (χ0n) is 17.0. The molecule has 4 nitrogen and oxygen atoms in total. The molecule has 0 bridgehead atoms. The maximum absolute atomic E-state index is 10.8. The number of rotatable bonds is 5. The monoisotopic (exact) mass is 402 g/mol. The molecule has 0 saturated heterocycles. The Bertz CT molecular complexity index is 1100. The van der Waals surface area contributed by atoms with E-state index in [0.29, 0.717) is 11.1 Å². The van der Waals surface area contributed by atoms with Crippen LogP contribution in [0.1, 0.15) is 37.2 Å². The van der Waals surface area contributed by atoms with Crippen LogP contribution in [0.5, 0.6) is 0 Å². The van der Waals surface area contributed by atoms with E-state index in [2.05, 4.69) is 0 Å². The van der Waals surface area contributed by atoms with Crippen LogP contribution >= 0.6 is 0 Å². The minimum Gasteiger partial charge on any atom is -0.390 e. The molecule has 0 aliphatic carbocycles. The van der Waals surface area contributed by atoms with E-state index in [0.717, 1.165) is 32.7 Å². The summed E-state index contributed by atoms with van der Waals surface area (Å²) in [5.41, 5.74) is 2.68. The highest BCUT2D eigenvalue weighted by molar-refractivity contribution is 6.08. The summed E-state index contributed by atoms with van der Waals surface area (Å²) >= 11 is 0. The third-order valence-corrected chi connectivity index (χ3v) is 5.72. The molecular formula is C26H26O4. The fourth-order valence-corrected chi connectivity index (χ4v) is 4.15. The fraction of sp³-hybridized carbons (Fsp3) is 0.231. The van der Waals surface area contributed by atoms with Gasteiger partial charge in [0.05, 0.1) is 12.2 Å². The zero-order chi connectivity index (χ0) is 21.4. The summed E-state index contributed by atoms with van der Waals surface area (Å²) in [5.74, 6) is 0. The third-order valence-electron chi connectivity index (χ3n) is 5.72. The molecule has 30 heavy (non-hydrogen) atoms. The minimum atomic E-state index is -1.10. The van der Waals surface area contributed by atoms with Crippen LogP contribution in [0.25, 0.3) is 32.7 Å². The van der Waals surface area contributed by atoms with Crippen molar-refractivity contribution in [3.8, 4) is 11.1 Å². The molecule has 4 aromatic rings. The Balaban J connectivity index is 2.19. The van der Waals surface area contributed by atoms with Crippen molar-refractivity contribution >= 4 is 21.5 Å². The molecule has 0 aromatic heterocycles. The van der Waals surface area contributed by atoms with Crippen LogP contribution in [0, 0.1) is 0 Å². The van der Waals surface area contributed by atoms with Crippen molar-refractivity contribution < 1.29 is 20.4 Å². The number of hydrogen-bond donors (Lipinski definition) is 4. The van der Waals surface area contributed by atoms with Crippen LogP contribution in [-0.2, 0) is 0 Å². The summed E-state index contributed by atoms with van der Waals surface area (Å²) in [4.78, 5) is 0. The van der Waals surface area contributed by atoms with Gasteiger partial charge in [0.25, 0.3) is 0 Å². The van der Waals surface area contributed by atoms with Gasteiger partial charge < -0.3 is 20.4 Å². The number of benzene rings is 4. The normalized spacial score (nSPS) is 15.8. The second-order valence-corrected chi connectivity index (χ2v) is 7.87. The second kappa shape index (κ2) is 8.17. The average molecular weight is 402 g/mol. The molecule has 0 radical (unpaired) electrons. The summed E-state index contributed by atoms with van der Waals surface area (Å²) in [6.45, 7) is 3.11. The Morgan fingerprint density at radius 2 is 0.867 bits per heavy atom. The van der Waals surface area contributed by atoms with Crippen molar-refractivity contribution in [2.45, 2.75) is 38.3 Å². The minimum absolute atomic E-state index is 0.582. The standard InChI is InChI=1S/C26H26O4/c1-15(27)25(29)21-13-11-17-7-3-5-9-19(17)23(21)24-20-10-6-4-8-18(20)12-14-22(24)26(30)16(2)28/h3-16,25-30H,1-2H3/t15-,16+,25-,26+. The van der Waals surface area contributed by atoms with E-state index in [1.54, 1.807) is 13.8 Å². The van der Waals surface area contributed by atoms with E-state index in [9.17, 15) is 20.4 Å². The summed E-state index contributed by atoms with van der Waals surface area (Å²) in [6, 6.07) is 23.2. The molecule has 4 heteroatoms. The van der Waals surface area contributed by atoms with Crippen molar-refractivity contribution in [1.82, 2.24) is 0 Å². The summed E-state index contributed by atoms with van der Waals surface area (Å²) in [5, 5.41) is 45.8. The van der Waals surface area contributed by atoms with E-state index in [1.165, 1.54) is 0 Å². The molecule has 0 aliphatic rings.